The van der Waals surface area contributed by atoms with Crippen LogP contribution in [0.2, 0.25) is 5.02 Å². The summed E-state index contributed by atoms with van der Waals surface area (Å²) in [6.45, 7) is 8.14. The molecule has 21 heavy (non-hydrogen) atoms. The number of carbonyl (C=O) groups excluding carboxylic acids is 1. The lowest BCUT2D eigenvalue weighted by molar-refractivity contribution is -0.130. The van der Waals surface area contributed by atoms with Gasteiger partial charge in [0.05, 0.1) is 5.02 Å². The third-order valence-corrected chi connectivity index (χ3v) is 4.11. The molecule has 0 fully saturated rings. The number of hydrogen-bond donors (Lipinski definition) is 0. The van der Waals surface area contributed by atoms with Crippen molar-refractivity contribution in [1.29, 1.82) is 0 Å². The Kier molecular flexibility index (Phi) is 6.90. The molecule has 0 radical (unpaired) electrons. The lowest BCUT2D eigenvalue weighted by atomic mass is 10.1. The van der Waals surface area contributed by atoms with Crippen LogP contribution < -0.4 is 0 Å². The maximum Gasteiger partial charge on any atom is 0.247 e. The van der Waals surface area contributed by atoms with Crippen molar-refractivity contribution in [2.75, 3.05) is 0 Å². The molecule has 0 bridgehead atoms. The fourth-order valence-corrected chi connectivity index (χ4v) is 2.40. The molecule has 0 heterocycles. The van der Waals surface area contributed by atoms with Crippen molar-refractivity contribution in [3.63, 3.8) is 0 Å². The van der Waals surface area contributed by atoms with Crippen LogP contribution >= 0.6 is 11.6 Å². The minimum absolute atomic E-state index is 0.113. The van der Waals surface area contributed by atoms with Crippen molar-refractivity contribution >= 4 is 23.6 Å². The van der Waals surface area contributed by atoms with Gasteiger partial charge in [-0.3, -0.25) is 4.79 Å². The van der Waals surface area contributed by atoms with Crippen molar-refractivity contribution in [2.45, 2.75) is 52.6 Å². The van der Waals surface area contributed by atoms with E-state index in [9.17, 15) is 9.18 Å². The second-order valence-electron chi connectivity index (χ2n) is 5.23. The van der Waals surface area contributed by atoms with Crippen LogP contribution in [0, 0.1) is 5.82 Å². The molecule has 0 saturated heterocycles. The highest BCUT2D eigenvalue weighted by Crippen LogP contribution is 2.21. The summed E-state index contributed by atoms with van der Waals surface area (Å²) in [5, 5.41) is 0.303. The van der Waals surface area contributed by atoms with Gasteiger partial charge in [-0.25, -0.2) is 4.39 Å². The number of nitrogens with zero attached hydrogens (tertiary/aromatic N) is 1. The first-order valence-corrected chi connectivity index (χ1v) is 7.74. The standard InChI is InChI=1S/C17H23ClFNO/c1-5-12(3)20(13(4)6-2)17(21)11-10-14-15(18)8-7-9-16(14)19/h7-13H,5-6H2,1-4H3/b11-10+/t12-,13+. The summed E-state index contributed by atoms with van der Waals surface area (Å²) >= 11 is 5.96. The molecule has 1 amide bonds. The van der Waals surface area contributed by atoms with E-state index in [1.807, 2.05) is 32.6 Å². The second-order valence-corrected chi connectivity index (χ2v) is 5.64. The Balaban J connectivity index is 2.98. The second kappa shape index (κ2) is 8.18. The van der Waals surface area contributed by atoms with Gasteiger partial charge in [-0.05, 0) is 44.9 Å². The molecule has 0 aliphatic rings. The minimum atomic E-state index is -0.426. The number of carbonyl (C=O) groups is 1. The average molecular weight is 312 g/mol. The van der Waals surface area contributed by atoms with Crippen LogP contribution in [0.4, 0.5) is 4.39 Å². The highest BCUT2D eigenvalue weighted by atomic mass is 35.5. The van der Waals surface area contributed by atoms with Crippen molar-refractivity contribution in [2.24, 2.45) is 0 Å². The Labute approximate surface area is 131 Å². The summed E-state index contributed by atoms with van der Waals surface area (Å²) in [6.07, 6.45) is 4.62. The van der Waals surface area contributed by atoms with Crippen LogP contribution in [0.25, 0.3) is 6.08 Å². The Hall–Kier alpha value is -1.35. The molecular weight excluding hydrogens is 289 g/mol. The largest absolute Gasteiger partial charge is 0.334 e. The topological polar surface area (TPSA) is 20.3 Å². The number of benzene rings is 1. The normalized spacial score (nSPS) is 14.2. The Morgan fingerprint density at radius 2 is 1.86 bits per heavy atom. The van der Waals surface area contributed by atoms with E-state index in [1.54, 1.807) is 12.1 Å². The molecule has 0 saturated carbocycles. The Morgan fingerprint density at radius 1 is 1.29 bits per heavy atom. The zero-order chi connectivity index (χ0) is 16.0. The molecule has 0 unspecified atom stereocenters. The quantitative estimate of drug-likeness (QED) is 0.683. The molecule has 1 aromatic carbocycles. The molecule has 4 heteroatoms. The zero-order valence-corrected chi connectivity index (χ0v) is 13.8. The summed E-state index contributed by atoms with van der Waals surface area (Å²) < 4.78 is 13.7. The van der Waals surface area contributed by atoms with E-state index in [0.29, 0.717) is 5.02 Å². The molecule has 0 aliphatic carbocycles. The van der Waals surface area contributed by atoms with E-state index in [-0.39, 0.29) is 23.6 Å². The highest BCUT2D eigenvalue weighted by Gasteiger charge is 2.21. The molecule has 1 rings (SSSR count). The van der Waals surface area contributed by atoms with Crippen LogP contribution in [0.15, 0.2) is 24.3 Å². The molecule has 0 spiro atoms. The van der Waals surface area contributed by atoms with Crippen LogP contribution in [-0.2, 0) is 4.79 Å². The molecule has 0 aliphatic heterocycles. The van der Waals surface area contributed by atoms with E-state index >= 15 is 0 Å². The van der Waals surface area contributed by atoms with Gasteiger partial charge < -0.3 is 4.90 Å². The Bertz CT molecular complexity index is 485. The summed E-state index contributed by atoms with van der Waals surface area (Å²) in [5.41, 5.74) is 0.251. The molecule has 0 N–H and O–H groups in total. The molecule has 1 aromatic rings. The lowest BCUT2D eigenvalue weighted by Gasteiger charge is -2.33. The lowest BCUT2D eigenvalue weighted by Crippen LogP contribution is -2.43. The van der Waals surface area contributed by atoms with Crippen LogP contribution in [-0.4, -0.2) is 22.9 Å². The third-order valence-electron chi connectivity index (χ3n) is 3.78. The first kappa shape index (κ1) is 17.7. The van der Waals surface area contributed by atoms with Gasteiger partial charge in [0.15, 0.2) is 0 Å². The zero-order valence-electron chi connectivity index (χ0n) is 13.1. The molecule has 2 atom stereocenters. The van der Waals surface area contributed by atoms with E-state index in [2.05, 4.69) is 0 Å². The summed E-state index contributed by atoms with van der Waals surface area (Å²) in [7, 11) is 0. The Morgan fingerprint density at radius 3 is 2.33 bits per heavy atom. The number of rotatable bonds is 6. The van der Waals surface area contributed by atoms with Gasteiger partial charge in [-0.1, -0.05) is 31.5 Å². The van der Waals surface area contributed by atoms with Gasteiger partial charge in [0.25, 0.3) is 0 Å². The van der Waals surface area contributed by atoms with Crippen molar-refractivity contribution in [3.05, 3.63) is 40.7 Å². The van der Waals surface area contributed by atoms with Gasteiger partial charge in [-0.15, -0.1) is 0 Å². The van der Waals surface area contributed by atoms with Crippen molar-refractivity contribution in [3.8, 4) is 0 Å². The molecule has 2 nitrogen and oxygen atoms in total. The number of halogens is 2. The van der Waals surface area contributed by atoms with Crippen LogP contribution in [0.5, 0.6) is 0 Å². The van der Waals surface area contributed by atoms with Gasteiger partial charge in [0.1, 0.15) is 5.82 Å². The predicted octanol–water partition coefficient (Wildman–Crippen LogP) is 4.92. The highest BCUT2D eigenvalue weighted by molar-refractivity contribution is 6.32. The minimum Gasteiger partial charge on any atom is -0.334 e. The van der Waals surface area contributed by atoms with Gasteiger partial charge in [-0.2, -0.15) is 0 Å². The number of amides is 1. The summed E-state index contributed by atoms with van der Waals surface area (Å²) in [4.78, 5) is 14.3. The fraction of sp³-hybridized carbons (Fsp3) is 0.471. The van der Waals surface area contributed by atoms with E-state index in [0.717, 1.165) is 12.8 Å². The van der Waals surface area contributed by atoms with Crippen LogP contribution in [0.1, 0.15) is 46.1 Å². The van der Waals surface area contributed by atoms with E-state index in [1.165, 1.54) is 18.2 Å². The molecule has 0 aromatic heterocycles. The maximum absolute atomic E-state index is 13.7. The predicted molar refractivity (Wildman–Crippen MR) is 86.8 cm³/mol. The fourth-order valence-electron chi connectivity index (χ4n) is 2.17. The number of hydrogen-bond acceptors (Lipinski definition) is 1. The summed E-state index contributed by atoms with van der Waals surface area (Å²) in [5.74, 6) is -0.539. The summed E-state index contributed by atoms with van der Waals surface area (Å²) in [6, 6.07) is 4.77. The third kappa shape index (κ3) is 4.57. The van der Waals surface area contributed by atoms with E-state index in [4.69, 9.17) is 11.6 Å². The smallest absolute Gasteiger partial charge is 0.247 e. The molecule has 116 valence electrons. The average Bonchev–Trinajstić information content (AvgIpc) is 2.46. The monoisotopic (exact) mass is 311 g/mol. The van der Waals surface area contributed by atoms with E-state index < -0.39 is 5.82 Å². The first-order chi connectivity index (χ1) is 9.92. The van der Waals surface area contributed by atoms with Crippen molar-refractivity contribution < 1.29 is 9.18 Å². The maximum atomic E-state index is 13.7. The van der Waals surface area contributed by atoms with Crippen molar-refractivity contribution in [1.82, 2.24) is 4.90 Å². The SMILES string of the molecule is CC[C@@H](C)N(C(=O)/C=C/c1c(F)cccc1Cl)[C@@H](C)CC. The first-order valence-electron chi connectivity index (χ1n) is 7.36. The van der Waals surface area contributed by atoms with Gasteiger partial charge in [0, 0.05) is 23.7 Å². The van der Waals surface area contributed by atoms with Crippen LogP contribution in [0.3, 0.4) is 0 Å². The van der Waals surface area contributed by atoms with Gasteiger partial charge >= 0.3 is 0 Å². The van der Waals surface area contributed by atoms with Gasteiger partial charge in [0.2, 0.25) is 5.91 Å². The molecular formula is C17H23ClFNO.